The highest BCUT2D eigenvalue weighted by Crippen LogP contribution is 2.49. The Labute approximate surface area is 161 Å². The van der Waals surface area contributed by atoms with E-state index in [0.717, 1.165) is 27.7 Å². The van der Waals surface area contributed by atoms with E-state index in [-0.39, 0.29) is 17.8 Å². The standard InChI is InChI=1S/C18H24BrN5O2/c1-9(14-7-12-4-5-13(14)6-12)20-17(25)18-21-15(23-26-18)8-24-11(3)16(19)10(2)22-24/h9,12-14H,4-8H2,1-3H3,(H,20,25)/t9-,12+,13+,14-/m0/s1. The molecule has 0 aromatic carbocycles. The molecule has 2 heterocycles. The van der Waals surface area contributed by atoms with Crippen LogP contribution < -0.4 is 5.32 Å². The van der Waals surface area contributed by atoms with Gasteiger partial charge in [-0.1, -0.05) is 11.6 Å². The number of carbonyl (C=O) groups excluding carboxylic acids is 1. The van der Waals surface area contributed by atoms with Gasteiger partial charge in [-0.05, 0) is 73.7 Å². The van der Waals surface area contributed by atoms with Crippen LogP contribution in [0.4, 0.5) is 0 Å². The van der Waals surface area contributed by atoms with Gasteiger partial charge in [0.2, 0.25) is 0 Å². The van der Waals surface area contributed by atoms with Crippen molar-refractivity contribution < 1.29 is 9.32 Å². The summed E-state index contributed by atoms with van der Waals surface area (Å²) in [5.74, 6) is 2.38. The summed E-state index contributed by atoms with van der Waals surface area (Å²) in [6.07, 6.45) is 5.22. The first-order chi connectivity index (χ1) is 12.4. The molecule has 4 atom stereocenters. The largest absolute Gasteiger partial charge is 0.345 e. The summed E-state index contributed by atoms with van der Waals surface area (Å²) in [6.45, 7) is 6.36. The average Bonchev–Trinajstić information content (AvgIpc) is 3.38. The van der Waals surface area contributed by atoms with Crippen molar-refractivity contribution in [3.63, 3.8) is 0 Å². The molecule has 7 nitrogen and oxygen atoms in total. The molecule has 140 valence electrons. The van der Waals surface area contributed by atoms with Crippen molar-refractivity contribution in [3.05, 3.63) is 27.6 Å². The molecule has 0 radical (unpaired) electrons. The molecule has 0 unspecified atom stereocenters. The van der Waals surface area contributed by atoms with Gasteiger partial charge in [0.15, 0.2) is 5.82 Å². The van der Waals surface area contributed by atoms with Crippen molar-refractivity contribution in [1.82, 2.24) is 25.2 Å². The molecule has 2 aliphatic rings. The van der Waals surface area contributed by atoms with Crippen molar-refractivity contribution >= 4 is 21.8 Å². The molecule has 1 N–H and O–H groups in total. The molecule has 0 spiro atoms. The van der Waals surface area contributed by atoms with E-state index in [1.807, 2.05) is 13.8 Å². The van der Waals surface area contributed by atoms with Gasteiger partial charge in [-0.25, -0.2) is 0 Å². The minimum atomic E-state index is -0.284. The molecule has 8 heteroatoms. The first-order valence-electron chi connectivity index (χ1n) is 9.25. The third-order valence-electron chi connectivity index (χ3n) is 6.04. The Morgan fingerprint density at radius 1 is 1.38 bits per heavy atom. The molecule has 4 rings (SSSR count). The lowest BCUT2D eigenvalue weighted by atomic mass is 9.84. The van der Waals surface area contributed by atoms with E-state index < -0.39 is 0 Å². The highest BCUT2D eigenvalue weighted by atomic mass is 79.9. The van der Waals surface area contributed by atoms with Crippen LogP contribution in [0, 0.1) is 31.6 Å². The van der Waals surface area contributed by atoms with Crippen LogP contribution in [0.1, 0.15) is 60.5 Å². The molecule has 0 saturated heterocycles. The number of nitrogens with zero attached hydrogens (tertiary/aromatic N) is 4. The number of hydrogen-bond acceptors (Lipinski definition) is 5. The van der Waals surface area contributed by atoms with Gasteiger partial charge < -0.3 is 9.84 Å². The zero-order chi connectivity index (χ0) is 18.4. The molecule has 26 heavy (non-hydrogen) atoms. The van der Waals surface area contributed by atoms with E-state index in [1.54, 1.807) is 4.68 Å². The number of amides is 1. The van der Waals surface area contributed by atoms with Crippen LogP contribution in [-0.4, -0.2) is 31.9 Å². The number of hydrogen-bond donors (Lipinski definition) is 1. The molecule has 2 aromatic heterocycles. The van der Waals surface area contributed by atoms with Gasteiger partial charge in [-0.15, -0.1) is 0 Å². The number of carbonyl (C=O) groups is 1. The van der Waals surface area contributed by atoms with Crippen molar-refractivity contribution in [3.8, 4) is 0 Å². The van der Waals surface area contributed by atoms with Crippen LogP contribution in [0.2, 0.25) is 0 Å². The maximum atomic E-state index is 12.5. The molecule has 1 amide bonds. The summed E-state index contributed by atoms with van der Waals surface area (Å²) in [7, 11) is 0. The SMILES string of the molecule is Cc1nn(Cc2noc(C(=O)N[C@@H](C)[C@@H]3C[C@@H]4CC[C@@H]3C4)n2)c(C)c1Br. The second-order valence-electron chi connectivity index (χ2n) is 7.76. The summed E-state index contributed by atoms with van der Waals surface area (Å²) in [5.41, 5.74) is 1.90. The topological polar surface area (TPSA) is 85.8 Å². The van der Waals surface area contributed by atoms with Gasteiger partial charge in [0.05, 0.1) is 15.9 Å². The van der Waals surface area contributed by atoms with Crippen LogP contribution in [0.15, 0.2) is 9.00 Å². The number of aryl methyl sites for hydroxylation is 1. The molecular formula is C18H24BrN5O2. The lowest BCUT2D eigenvalue weighted by Gasteiger charge is -2.28. The van der Waals surface area contributed by atoms with Gasteiger partial charge in [0.25, 0.3) is 0 Å². The van der Waals surface area contributed by atoms with Crippen molar-refractivity contribution in [1.29, 1.82) is 0 Å². The Kier molecular flexibility index (Phi) is 4.62. The first kappa shape index (κ1) is 17.7. The Morgan fingerprint density at radius 2 is 2.19 bits per heavy atom. The minimum absolute atomic E-state index is 0.0237. The average molecular weight is 422 g/mol. The van der Waals surface area contributed by atoms with E-state index in [9.17, 15) is 4.79 Å². The molecule has 2 saturated carbocycles. The fourth-order valence-electron chi connectivity index (χ4n) is 4.66. The summed E-state index contributed by atoms with van der Waals surface area (Å²) >= 11 is 3.50. The monoisotopic (exact) mass is 421 g/mol. The number of aromatic nitrogens is 4. The lowest BCUT2D eigenvalue weighted by Crippen LogP contribution is -2.40. The maximum absolute atomic E-state index is 12.5. The smallest absolute Gasteiger partial charge is 0.316 e. The first-order valence-corrected chi connectivity index (χ1v) is 10.0. The molecule has 0 aliphatic heterocycles. The zero-order valence-electron chi connectivity index (χ0n) is 15.3. The number of nitrogens with one attached hydrogen (secondary N) is 1. The summed E-state index contributed by atoms with van der Waals surface area (Å²) in [4.78, 5) is 16.7. The number of rotatable bonds is 5. The predicted octanol–water partition coefficient (Wildman–Crippen LogP) is 3.25. The zero-order valence-corrected chi connectivity index (χ0v) is 16.9. The highest BCUT2D eigenvalue weighted by Gasteiger charge is 2.42. The van der Waals surface area contributed by atoms with Gasteiger partial charge >= 0.3 is 11.8 Å². The lowest BCUT2D eigenvalue weighted by molar-refractivity contribution is 0.0871. The number of halogens is 1. The van der Waals surface area contributed by atoms with E-state index in [0.29, 0.717) is 18.3 Å². The second kappa shape index (κ2) is 6.79. The van der Waals surface area contributed by atoms with E-state index >= 15 is 0 Å². The molecule has 2 aromatic rings. The fraction of sp³-hybridized carbons (Fsp3) is 0.667. The van der Waals surface area contributed by atoms with Crippen molar-refractivity contribution in [2.75, 3.05) is 0 Å². The minimum Gasteiger partial charge on any atom is -0.345 e. The predicted molar refractivity (Wildman–Crippen MR) is 98.7 cm³/mol. The van der Waals surface area contributed by atoms with Crippen LogP contribution in [0.3, 0.4) is 0 Å². The third kappa shape index (κ3) is 3.19. The quantitative estimate of drug-likeness (QED) is 0.800. The van der Waals surface area contributed by atoms with Gasteiger partial charge in [0.1, 0.15) is 6.54 Å². The van der Waals surface area contributed by atoms with E-state index in [1.165, 1.54) is 25.7 Å². The van der Waals surface area contributed by atoms with Crippen LogP contribution in [0.25, 0.3) is 0 Å². The van der Waals surface area contributed by atoms with Crippen LogP contribution in [0.5, 0.6) is 0 Å². The van der Waals surface area contributed by atoms with Gasteiger partial charge in [0, 0.05) is 6.04 Å². The summed E-state index contributed by atoms with van der Waals surface area (Å²) in [5, 5.41) is 11.4. The van der Waals surface area contributed by atoms with Gasteiger partial charge in [-0.2, -0.15) is 10.1 Å². The third-order valence-corrected chi connectivity index (χ3v) is 7.19. The fourth-order valence-corrected chi connectivity index (χ4v) is 4.94. The normalized spacial score (nSPS) is 25.6. The molecule has 2 fully saturated rings. The van der Waals surface area contributed by atoms with Gasteiger partial charge in [-0.3, -0.25) is 9.48 Å². The van der Waals surface area contributed by atoms with E-state index in [2.05, 4.69) is 43.4 Å². The highest BCUT2D eigenvalue weighted by molar-refractivity contribution is 9.10. The summed E-state index contributed by atoms with van der Waals surface area (Å²) in [6, 6.07) is 0.139. The Morgan fingerprint density at radius 3 is 2.81 bits per heavy atom. The Bertz CT molecular complexity index is 830. The van der Waals surface area contributed by atoms with Crippen LogP contribution in [-0.2, 0) is 6.54 Å². The maximum Gasteiger partial charge on any atom is 0.316 e. The number of fused-ring (bicyclic) bond motifs is 2. The Balaban J connectivity index is 1.39. The second-order valence-corrected chi connectivity index (χ2v) is 8.55. The van der Waals surface area contributed by atoms with E-state index in [4.69, 9.17) is 4.52 Å². The molecule has 2 aliphatic carbocycles. The van der Waals surface area contributed by atoms with Crippen molar-refractivity contribution in [2.45, 2.75) is 59.0 Å². The Hall–Kier alpha value is -1.70. The summed E-state index contributed by atoms with van der Waals surface area (Å²) < 4.78 is 7.94. The molecule has 2 bridgehead atoms. The van der Waals surface area contributed by atoms with Crippen LogP contribution >= 0.6 is 15.9 Å². The van der Waals surface area contributed by atoms with Crippen molar-refractivity contribution in [2.24, 2.45) is 17.8 Å². The molecular weight excluding hydrogens is 398 g/mol.